The molecule has 0 saturated heterocycles. The summed E-state index contributed by atoms with van der Waals surface area (Å²) in [4.78, 5) is 14.3. The lowest BCUT2D eigenvalue weighted by molar-refractivity contribution is -0.114. The number of nitrogens with zero attached hydrogens (tertiary/aromatic N) is 1. The van der Waals surface area contributed by atoms with Crippen LogP contribution in [0.25, 0.3) is 0 Å². The number of ether oxygens (including phenoxy) is 2. The van der Waals surface area contributed by atoms with Gasteiger partial charge in [0.1, 0.15) is 6.54 Å². The molecule has 1 N–H and O–H groups in total. The quantitative estimate of drug-likeness (QED) is 0.238. The average Bonchev–Trinajstić information content (AvgIpc) is 2.96. The highest BCUT2D eigenvalue weighted by Crippen LogP contribution is 2.34. The number of benzene rings is 4. The number of nitrogens with one attached hydrogen (secondary N) is 1. The molecule has 0 spiro atoms. The van der Waals surface area contributed by atoms with E-state index in [0.29, 0.717) is 17.2 Å². The van der Waals surface area contributed by atoms with E-state index in [-0.39, 0.29) is 10.6 Å². The van der Waals surface area contributed by atoms with Gasteiger partial charge in [-0.3, -0.25) is 9.10 Å². The van der Waals surface area contributed by atoms with Crippen LogP contribution in [0.3, 0.4) is 0 Å². The molecule has 0 aromatic heterocycles. The summed E-state index contributed by atoms with van der Waals surface area (Å²) in [5.74, 6) is 1.11. The molecule has 0 radical (unpaired) electrons. The number of rotatable bonds is 11. The third-order valence-electron chi connectivity index (χ3n) is 5.66. The zero-order valence-corrected chi connectivity index (χ0v) is 22.7. The molecule has 4 aromatic carbocycles. The molecule has 196 valence electrons. The highest BCUT2D eigenvalue weighted by Gasteiger charge is 2.28. The van der Waals surface area contributed by atoms with E-state index < -0.39 is 22.5 Å². The predicted octanol–water partition coefficient (Wildman–Crippen LogP) is 5.83. The molecule has 0 aliphatic rings. The second-order valence-corrected chi connectivity index (χ2v) is 11.1. The molecule has 0 aliphatic carbocycles. The van der Waals surface area contributed by atoms with Crippen LogP contribution < -0.4 is 19.1 Å². The van der Waals surface area contributed by atoms with E-state index in [1.54, 1.807) is 42.1 Å². The number of thioether (sulfide) groups is 1. The van der Waals surface area contributed by atoms with Crippen molar-refractivity contribution < 1.29 is 22.7 Å². The van der Waals surface area contributed by atoms with Gasteiger partial charge in [-0.15, -0.1) is 11.8 Å². The van der Waals surface area contributed by atoms with E-state index >= 15 is 0 Å². The maximum Gasteiger partial charge on any atom is 0.264 e. The van der Waals surface area contributed by atoms with Crippen molar-refractivity contribution >= 4 is 39.1 Å². The Morgan fingerprint density at radius 2 is 1.45 bits per heavy atom. The van der Waals surface area contributed by atoms with Crippen LogP contribution in [-0.2, 0) is 20.6 Å². The minimum atomic E-state index is -4.05. The van der Waals surface area contributed by atoms with Crippen LogP contribution in [0.5, 0.6) is 11.5 Å². The van der Waals surface area contributed by atoms with Gasteiger partial charge < -0.3 is 14.8 Å². The van der Waals surface area contributed by atoms with E-state index in [0.717, 1.165) is 15.6 Å². The summed E-state index contributed by atoms with van der Waals surface area (Å²) in [6, 6.07) is 30.3. The van der Waals surface area contributed by atoms with Crippen LogP contribution in [0.4, 0.5) is 11.4 Å². The summed E-state index contributed by atoms with van der Waals surface area (Å²) in [6.45, 7) is -0.432. The van der Waals surface area contributed by atoms with Gasteiger partial charge in [-0.2, -0.15) is 0 Å². The summed E-state index contributed by atoms with van der Waals surface area (Å²) >= 11 is 1.73. The number of carbonyl (C=O) groups is 1. The number of sulfonamides is 1. The van der Waals surface area contributed by atoms with Crippen LogP contribution in [0, 0.1) is 0 Å². The van der Waals surface area contributed by atoms with Crippen molar-refractivity contribution in [2.24, 2.45) is 0 Å². The van der Waals surface area contributed by atoms with Crippen LogP contribution in [0.1, 0.15) is 5.56 Å². The van der Waals surface area contributed by atoms with Crippen molar-refractivity contribution in [2.45, 2.75) is 15.5 Å². The van der Waals surface area contributed by atoms with Gasteiger partial charge in [0.25, 0.3) is 10.0 Å². The molecule has 1 amide bonds. The summed E-state index contributed by atoms with van der Waals surface area (Å²) < 4.78 is 38.9. The highest BCUT2D eigenvalue weighted by atomic mass is 32.2. The van der Waals surface area contributed by atoms with Gasteiger partial charge in [0.2, 0.25) is 5.91 Å². The number of anilines is 2. The standard InChI is InChI=1S/C29H28N2O5S2/c1-35-27-18-17-24(19-28(27)36-2)31(38(33,34)26-11-7-4-8-12-26)20-29(32)30-23-15-13-22(14-16-23)21-37-25-9-5-3-6-10-25/h3-19H,20-21H2,1-2H3,(H,30,32). The Bertz CT molecular complexity index is 1460. The molecule has 4 aromatic rings. The van der Waals surface area contributed by atoms with Crippen LogP contribution in [0.2, 0.25) is 0 Å². The third-order valence-corrected chi connectivity index (χ3v) is 8.53. The van der Waals surface area contributed by atoms with Gasteiger partial charge in [0, 0.05) is 22.4 Å². The lowest BCUT2D eigenvalue weighted by Gasteiger charge is -2.25. The van der Waals surface area contributed by atoms with E-state index in [4.69, 9.17) is 9.47 Å². The molecular formula is C29H28N2O5S2. The second-order valence-electron chi connectivity index (χ2n) is 8.21. The Kier molecular flexibility index (Phi) is 8.93. The number of carbonyl (C=O) groups excluding carboxylic acids is 1. The first kappa shape index (κ1) is 27.1. The Hall–Kier alpha value is -3.95. The van der Waals surface area contributed by atoms with Crippen molar-refractivity contribution in [3.05, 3.63) is 109 Å². The Morgan fingerprint density at radius 1 is 0.816 bits per heavy atom. The topological polar surface area (TPSA) is 84.9 Å². The molecule has 38 heavy (non-hydrogen) atoms. The number of hydrogen-bond acceptors (Lipinski definition) is 6. The Morgan fingerprint density at radius 3 is 2.08 bits per heavy atom. The third kappa shape index (κ3) is 6.67. The molecule has 4 rings (SSSR count). The van der Waals surface area contributed by atoms with Crippen LogP contribution >= 0.6 is 11.8 Å². The Labute approximate surface area is 227 Å². The van der Waals surface area contributed by atoms with Crippen LogP contribution in [-0.4, -0.2) is 35.1 Å². The lowest BCUT2D eigenvalue weighted by Crippen LogP contribution is -2.38. The van der Waals surface area contributed by atoms with Crippen molar-refractivity contribution in [2.75, 3.05) is 30.4 Å². The second kappa shape index (κ2) is 12.5. The van der Waals surface area contributed by atoms with E-state index in [1.807, 2.05) is 42.5 Å². The largest absolute Gasteiger partial charge is 0.493 e. The normalized spacial score (nSPS) is 11.0. The van der Waals surface area contributed by atoms with Crippen LogP contribution in [0.15, 0.2) is 113 Å². The number of methoxy groups -OCH3 is 2. The van der Waals surface area contributed by atoms with Crippen molar-refractivity contribution in [3.63, 3.8) is 0 Å². The zero-order valence-electron chi connectivity index (χ0n) is 21.0. The number of amides is 1. The Balaban J connectivity index is 1.52. The first-order valence-corrected chi connectivity index (χ1v) is 14.2. The molecule has 7 nitrogen and oxygen atoms in total. The fraction of sp³-hybridized carbons (Fsp3) is 0.138. The number of hydrogen-bond donors (Lipinski definition) is 1. The van der Waals surface area contributed by atoms with Gasteiger partial charge in [-0.05, 0) is 54.1 Å². The fourth-order valence-electron chi connectivity index (χ4n) is 3.71. The maximum absolute atomic E-state index is 13.6. The summed E-state index contributed by atoms with van der Waals surface area (Å²) in [5, 5.41) is 2.81. The van der Waals surface area contributed by atoms with Gasteiger partial charge in [0.15, 0.2) is 11.5 Å². The maximum atomic E-state index is 13.6. The SMILES string of the molecule is COc1ccc(N(CC(=O)Nc2ccc(CSc3ccccc3)cc2)S(=O)(=O)c2ccccc2)cc1OC. The minimum absolute atomic E-state index is 0.0721. The molecule has 9 heteroatoms. The molecule has 0 bridgehead atoms. The zero-order chi connectivity index (χ0) is 27.0. The monoisotopic (exact) mass is 548 g/mol. The smallest absolute Gasteiger partial charge is 0.264 e. The molecule has 0 heterocycles. The van der Waals surface area contributed by atoms with E-state index in [1.165, 1.54) is 37.3 Å². The summed E-state index contributed by atoms with van der Waals surface area (Å²) in [6.07, 6.45) is 0. The molecule has 0 saturated carbocycles. The van der Waals surface area contributed by atoms with Gasteiger partial charge >= 0.3 is 0 Å². The van der Waals surface area contributed by atoms with Crippen molar-refractivity contribution in [1.82, 2.24) is 0 Å². The van der Waals surface area contributed by atoms with Gasteiger partial charge in [-0.1, -0.05) is 48.5 Å². The van der Waals surface area contributed by atoms with E-state index in [9.17, 15) is 13.2 Å². The molecule has 0 aliphatic heterocycles. The average molecular weight is 549 g/mol. The first-order chi connectivity index (χ1) is 18.4. The summed E-state index contributed by atoms with van der Waals surface area (Å²) in [7, 11) is -1.09. The highest BCUT2D eigenvalue weighted by molar-refractivity contribution is 7.98. The van der Waals surface area contributed by atoms with Crippen molar-refractivity contribution in [3.8, 4) is 11.5 Å². The van der Waals surface area contributed by atoms with E-state index in [2.05, 4.69) is 17.4 Å². The lowest BCUT2D eigenvalue weighted by atomic mass is 10.2. The molecule has 0 atom stereocenters. The first-order valence-electron chi connectivity index (χ1n) is 11.8. The minimum Gasteiger partial charge on any atom is -0.493 e. The van der Waals surface area contributed by atoms with Crippen molar-refractivity contribution in [1.29, 1.82) is 0 Å². The molecule has 0 unspecified atom stereocenters. The summed E-state index contributed by atoms with van der Waals surface area (Å²) in [5.41, 5.74) is 1.96. The fourth-order valence-corrected chi connectivity index (χ4v) is 6.02. The van der Waals surface area contributed by atoms with Gasteiger partial charge in [-0.25, -0.2) is 8.42 Å². The van der Waals surface area contributed by atoms with Gasteiger partial charge in [0.05, 0.1) is 24.8 Å². The predicted molar refractivity (Wildman–Crippen MR) is 152 cm³/mol. The molecular weight excluding hydrogens is 520 g/mol. The molecule has 0 fully saturated rings.